The molecule has 0 amide bonds. The van der Waals surface area contributed by atoms with E-state index in [9.17, 15) is 4.79 Å². The number of oxazole rings is 1. The van der Waals surface area contributed by atoms with Crippen LogP contribution < -0.4 is 0 Å². The van der Waals surface area contributed by atoms with E-state index >= 15 is 0 Å². The van der Waals surface area contributed by atoms with Crippen LogP contribution in [0.4, 0.5) is 0 Å². The first kappa shape index (κ1) is 11.8. The molecule has 0 radical (unpaired) electrons. The third-order valence-corrected chi connectivity index (χ3v) is 2.43. The highest BCUT2D eigenvalue weighted by Gasteiger charge is 2.09. The molecule has 1 unspecified atom stereocenters. The van der Waals surface area contributed by atoms with E-state index in [-0.39, 0.29) is 5.92 Å². The Balaban J connectivity index is 2.00. The summed E-state index contributed by atoms with van der Waals surface area (Å²) in [6.45, 7) is 1.75. The molecule has 1 atom stereocenters. The summed E-state index contributed by atoms with van der Waals surface area (Å²) in [6.07, 6.45) is 7.79. The first-order chi connectivity index (χ1) is 7.20. The molecule has 4 heteroatoms. The number of nitrogens with zero attached hydrogens (tertiary/aromatic N) is 1. The van der Waals surface area contributed by atoms with E-state index in [4.69, 9.17) is 9.52 Å². The van der Waals surface area contributed by atoms with Crippen LogP contribution in [0.15, 0.2) is 16.9 Å². The maximum Gasteiger partial charge on any atom is 0.306 e. The Bertz CT molecular complexity index is 282. The summed E-state index contributed by atoms with van der Waals surface area (Å²) in [6, 6.07) is 0. The maximum absolute atomic E-state index is 10.5. The highest BCUT2D eigenvalue weighted by Crippen LogP contribution is 2.11. The number of hydrogen-bond donors (Lipinski definition) is 1. The van der Waals surface area contributed by atoms with E-state index in [1.165, 1.54) is 0 Å². The van der Waals surface area contributed by atoms with E-state index in [2.05, 4.69) is 4.98 Å². The van der Waals surface area contributed by atoms with E-state index in [0.717, 1.165) is 38.0 Å². The summed E-state index contributed by atoms with van der Waals surface area (Å²) in [7, 11) is 0. The fourth-order valence-electron chi connectivity index (χ4n) is 1.40. The minimum Gasteiger partial charge on any atom is -0.481 e. The number of hydrogen-bond acceptors (Lipinski definition) is 3. The van der Waals surface area contributed by atoms with Crippen LogP contribution >= 0.6 is 0 Å². The van der Waals surface area contributed by atoms with Crippen LogP contribution in [0.3, 0.4) is 0 Å². The first-order valence-electron chi connectivity index (χ1n) is 5.31. The molecule has 15 heavy (non-hydrogen) atoms. The van der Waals surface area contributed by atoms with Crippen LogP contribution in [0.1, 0.15) is 38.5 Å². The molecule has 1 aromatic rings. The largest absolute Gasteiger partial charge is 0.481 e. The lowest BCUT2D eigenvalue weighted by molar-refractivity contribution is -0.141. The quantitative estimate of drug-likeness (QED) is 0.704. The predicted octanol–water partition coefficient (Wildman–Crippen LogP) is 2.50. The van der Waals surface area contributed by atoms with Gasteiger partial charge < -0.3 is 9.52 Å². The van der Waals surface area contributed by atoms with Gasteiger partial charge in [-0.15, -0.1) is 0 Å². The Morgan fingerprint density at radius 1 is 1.53 bits per heavy atom. The molecule has 84 valence electrons. The average molecular weight is 211 g/mol. The normalized spacial score (nSPS) is 12.6. The van der Waals surface area contributed by atoms with Crippen LogP contribution in [-0.2, 0) is 11.2 Å². The summed E-state index contributed by atoms with van der Waals surface area (Å²) < 4.78 is 5.09. The van der Waals surface area contributed by atoms with E-state index in [1.807, 2.05) is 0 Å². The van der Waals surface area contributed by atoms with Crippen molar-refractivity contribution in [2.24, 2.45) is 5.92 Å². The smallest absolute Gasteiger partial charge is 0.306 e. The Morgan fingerprint density at radius 3 is 2.93 bits per heavy atom. The highest BCUT2D eigenvalue weighted by atomic mass is 16.4. The molecule has 0 bridgehead atoms. The molecule has 1 N–H and O–H groups in total. The Labute approximate surface area is 89.3 Å². The van der Waals surface area contributed by atoms with Crippen molar-refractivity contribution < 1.29 is 14.3 Å². The maximum atomic E-state index is 10.5. The zero-order valence-electron chi connectivity index (χ0n) is 8.98. The summed E-state index contributed by atoms with van der Waals surface area (Å²) in [5, 5.41) is 8.66. The van der Waals surface area contributed by atoms with Crippen LogP contribution in [0, 0.1) is 5.92 Å². The van der Waals surface area contributed by atoms with E-state index in [0.29, 0.717) is 0 Å². The van der Waals surface area contributed by atoms with Gasteiger partial charge in [0, 0.05) is 6.42 Å². The monoisotopic (exact) mass is 211 g/mol. The fraction of sp³-hybridized carbons (Fsp3) is 0.636. The lowest BCUT2D eigenvalue weighted by Crippen LogP contribution is -2.08. The van der Waals surface area contributed by atoms with Crippen molar-refractivity contribution in [1.29, 1.82) is 0 Å². The van der Waals surface area contributed by atoms with Crippen molar-refractivity contribution in [2.75, 3.05) is 0 Å². The zero-order chi connectivity index (χ0) is 11.1. The number of rotatable bonds is 7. The van der Waals surface area contributed by atoms with Gasteiger partial charge in [0.25, 0.3) is 0 Å². The highest BCUT2D eigenvalue weighted by molar-refractivity contribution is 5.69. The number of aliphatic carboxylic acids is 1. The Kier molecular flexibility index (Phi) is 4.87. The summed E-state index contributed by atoms with van der Waals surface area (Å²) in [5.74, 6) is -0.171. The minimum absolute atomic E-state index is 0.230. The summed E-state index contributed by atoms with van der Waals surface area (Å²) >= 11 is 0. The molecule has 1 heterocycles. The standard InChI is InChI=1S/C11H17NO3/c1-9(11(13)14)5-3-2-4-6-10-12-7-8-15-10/h7-9H,2-6H2,1H3,(H,13,14). The van der Waals surface area contributed by atoms with Gasteiger partial charge in [-0.25, -0.2) is 4.98 Å². The van der Waals surface area contributed by atoms with Gasteiger partial charge in [-0.1, -0.05) is 19.8 Å². The van der Waals surface area contributed by atoms with Crippen molar-refractivity contribution >= 4 is 5.97 Å². The van der Waals surface area contributed by atoms with Crippen LogP contribution in [0.25, 0.3) is 0 Å². The molecule has 0 saturated heterocycles. The molecule has 0 spiro atoms. The van der Waals surface area contributed by atoms with E-state index < -0.39 is 5.97 Å². The van der Waals surface area contributed by atoms with Crippen molar-refractivity contribution in [3.8, 4) is 0 Å². The third kappa shape index (κ3) is 4.63. The molecule has 1 aromatic heterocycles. The van der Waals surface area contributed by atoms with Crippen LogP contribution in [0.2, 0.25) is 0 Å². The fourth-order valence-corrected chi connectivity index (χ4v) is 1.40. The van der Waals surface area contributed by atoms with Crippen LogP contribution in [-0.4, -0.2) is 16.1 Å². The molecule has 0 aliphatic rings. The topological polar surface area (TPSA) is 63.3 Å². The van der Waals surface area contributed by atoms with Crippen LogP contribution in [0.5, 0.6) is 0 Å². The van der Waals surface area contributed by atoms with Gasteiger partial charge >= 0.3 is 5.97 Å². The average Bonchev–Trinajstić information content (AvgIpc) is 2.69. The second-order valence-corrected chi connectivity index (χ2v) is 3.76. The molecular formula is C11H17NO3. The second-order valence-electron chi connectivity index (χ2n) is 3.76. The molecular weight excluding hydrogens is 194 g/mol. The third-order valence-electron chi connectivity index (χ3n) is 2.43. The number of aromatic nitrogens is 1. The lowest BCUT2D eigenvalue weighted by atomic mass is 10.0. The van der Waals surface area contributed by atoms with Crippen molar-refractivity contribution in [1.82, 2.24) is 4.98 Å². The molecule has 0 aliphatic heterocycles. The predicted molar refractivity (Wildman–Crippen MR) is 55.5 cm³/mol. The van der Waals surface area contributed by atoms with Crippen molar-refractivity contribution in [2.45, 2.75) is 39.0 Å². The molecule has 0 aromatic carbocycles. The number of unbranched alkanes of at least 4 members (excludes halogenated alkanes) is 2. The second kappa shape index (κ2) is 6.22. The number of carboxylic acid groups (broad SMARTS) is 1. The van der Waals surface area contributed by atoms with Crippen molar-refractivity contribution in [3.63, 3.8) is 0 Å². The summed E-state index contributed by atoms with van der Waals surface area (Å²) in [5.41, 5.74) is 0. The number of carboxylic acids is 1. The van der Waals surface area contributed by atoms with Gasteiger partial charge in [0.2, 0.25) is 0 Å². The van der Waals surface area contributed by atoms with Gasteiger partial charge in [0.1, 0.15) is 6.26 Å². The van der Waals surface area contributed by atoms with Gasteiger partial charge in [-0.3, -0.25) is 4.79 Å². The van der Waals surface area contributed by atoms with Gasteiger partial charge in [0.05, 0.1) is 12.1 Å². The zero-order valence-corrected chi connectivity index (χ0v) is 8.98. The Hall–Kier alpha value is -1.32. The molecule has 1 rings (SSSR count). The molecule has 4 nitrogen and oxygen atoms in total. The Morgan fingerprint density at radius 2 is 2.33 bits per heavy atom. The van der Waals surface area contributed by atoms with Gasteiger partial charge in [-0.05, 0) is 12.8 Å². The molecule has 0 fully saturated rings. The van der Waals surface area contributed by atoms with Gasteiger partial charge in [-0.2, -0.15) is 0 Å². The lowest BCUT2D eigenvalue weighted by Gasteiger charge is -2.04. The SMILES string of the molecule is CC(CCCCCc1ncco1)C(=O)O. The molecule has 0 aliphatic carbocycles. The number of carbonyl (C=O) groups is 1. The molecule has 0 saturated carbocycles. The minimum atomic E-state index is -0.706. The summed E-state index contributed by atoms with van der Waals surface area (Å²) in [4.78, 5) is 14.5. The van der Waals surface area contributed by atoms with Gasteiger partial charge in [0.15, 0.2) is 5.89 Å². The van der Waals surface area contributed by atoms with Crippen molar-refractivity contribution in [3.05, 3.63) is 18.4 Å². The first-order valence-corrected chi connectivity index (χ1v) is 5.31. The van der Waals surface area contributed by atoms with E-state index in [1.54, 1.807) is 19.4 Å². The number of aryl methyl sites for hydroxylation is 1.